The smallest absolute Gasteiger partial charge is 0.307 e. The van der Waals surface area contributed by atoms with Gasteiger partial charge in [-0.2, -0.15) is 0 Å². The Morgan fingerprint density at radius 2 is 1.82 bits per heavy atom. The largest absolute Gasteiger partial charge is 0.481 e. The summed E-state index contributed by atoms with van der Waals surface area (Å²) in [6.07, 6.45) is 4.27. The van der Waals surface area contributed by atoms with Gasteiger partial charge in [0.1, 0.15) is 11.0 Å². The maximum absolute atomic E-state index is 11.3. The minimum absolute atomic E-state index is 0.250. The molecule has 1 aliphatic rings. The Morgan fingerprint density at radius 1 is 1.06 bits per heavy atom. The number of likely N-dealkylation sites (tertiary alicyclic amines) is 1. The van der Waals surface area contributed by atoms with Crippen LogP contribution in [0.25, 0.3) is 44.6 Å². The number of oxazole rings is 1. The first-order chi connectivity index (χ1) is 24.5. The second kappa shape index (κ2) is 14.4. The fourth-order valence-corrected chi connectivity index (χ4v) is 7.30. The molecule has 6 aromatic rings. The lowest BCUT2D eigenvalue weighted by molar-refractivity contribution is -0.141. The van der Waals surface area contributed by atoms with Crippen molar-refractivity contribution in [2.24, 2.45) is 5.92 Å². The van der Waals surface area contributed by atoms with Crippen molar-refractivity contribution in [3.05, 3.63) is 100 Å². The first-order valence-electron chi connectivity index (χ1n) is 17.2. The van der Waals surface area contributed by atoms with Crippen LogP contribution in [0.5, 0.6) is 0 Å². The molecule has 2 atom stereocenters. The van der Waals surface area contributed by atoms with E-state index < -0.39 is 11.9 Å². The van der Waals surface area contributed by atoms with Crippen LogP contribution in [-0.4, -0.2) is 73.7 Å². The monoisotopic (exact) mass is 704 g/mol. The van der Waals surface area contributed by atoms with Crippen LogP contribution >= 0.6 is 11.6 Å². The maximum Gasteiger partial charge on any atom is 0.307 e. The molecule has 0 spiro atoms. The van der Waals surface area contributed by atoms with Gasteiger partial charge in [0.15, 0.2) is 11.4 Å². The van der Waals surface area contributed by atoms with E-state index in [4.69, 9.17) is 26.0 Å². The molecule has 11 heteroatoms. The van der Waals surface area contributed by atoms with Crippen molar-refractivity contribution in [1.82, 2.24) is 24.8 Å². The van der Waals surface area contributed by atoms with Gasteiger partial charge in [-0.3, -0.25) is 14.7 Å². The number of hydrogen-bond acceptors (Lipinski definition) is 9. The lowest BCUT2D eigenvalue weighted by atomic mass is 9.93. The lowest BCUT2D eigenvalue weighted by Gasteiger charge is -2.19. The Balaban J connectivity index is 1.15. The predicted molar refractivity (Wildman–Crippen MR) is 201 cm³/mol. The van der Waals surface area contributed by atoms with Crippen LogP contribution in [-0.2, 0) is 17.9 Å². The van der Waals surface area contributed by atoms with Crippen LogP contribution in [0, 0.1) is 19.8 Å². The number of β-amino-alcohol motifs (C(OH)–C–C–N with tert-alkyl or cyclic N) is 1. The number of nitrogens with zero attached hydrogens (tertiary/aromatic N) is 5. The molecule has 0 bridgehead atoms. The number of hydrogen-bond donors (Lipinski definition) is 3. The van der Waals surface area contributed by atoms with Crippen LogP contribution in [0.1, 0.15) is 35.6 Å². The summed E-state index contributed by atoms with van der Waals surface area (Å²) in [6.45, 7) is 9.16. The van der Waals surface area contributed by atoms with Crippen molar-refractivity contribution in [2.75, 3.05) is 32.0 Å². The zero-order chi connectivity index (χ0) is 35.8. The highest BCUT2D eigenvalue weighted by atomic mass is 35.5. The summed E-state index contributed by atoms with van der Waals surface area (Å²) in [5, 5.41) is 24.2. The van der Waals surface area contributed by atoms with Gasteiger partial charge in [0, 0.05) is 61.8 Å². The van der Waals surface area contributed by atoms with E-state index in [0.29, 0.717) is 47.5 Å². The number of fused-ring (bicyclic) bond motifs is 2. The molecule has 4 heterocycles. The quantitative estimate of drug-likeness (QED) is 0.123. The van der Waals surface area contributed by atoms with Crippen molar-refractivity contribution in [2.45, 2.75) is 46.4 Å². The van der Waals surface area contributed by atoms with Crippen LogP contribution in [0.2, 0.25) is 5.02 Å². The number of aliphatic hydroxyl groups is 1. The highest BCUT2D eigenvalue weighted by molar-refractivity contribution is 6.34. The van der Waals surface area contributed by atoms with E-state index in [1.54, 1.807) is 13.1 Å². The molecule has 10 nitrogen and oxygen atoms in total. The predicted octanol–water partition coefficient (Wildman–Crippen LogP) is 7.84. The van der Waals surface area contributed by atoms with Crippen molar-refractivity contribution >= 4 is 51.1 Å². The highest BCUT2D eigenvalue weighted by Gasteiger charge is 2.21. The lowest BCUT2D eigenvalue weighted by Crippen LogP contribution is -2.28. The molecule has 1 fully saturated rings. The molecule has 0 saturated carbocycles. The number of aliphatic hydroxyl groups excluding tert-OH is 1. The molecule has 1 saturated heterocycles. The third kappa shape index (κ3) is 7.31. The van der Waals surface area contributed by atoms with E-state index in [-0.39, 0.29) is 6.10 Å². The molecule has 7 rings (SSSR count). The number of benzene rings is 3. The Morgan fingerprint density at radius 3 is 2.59 bits per heavy atom. The molecule has 3 aromatic carbocycles. The summed E-state index contributed by atoms with van der Waals surface area (Å²) in [5.41, 5.74) is 10.00. The van der Waals surface area contributed by atoms with E-state index in [9.17, 15) is 15.0 Å². The molecule has 3 N–H and O–H groups in total. The second-order valence-corrected chi connectivity index (χ2v) is 14.1. The first-order valence-corrected chi connectivity index (χ1v) is 17.5. The summed E-state index contributed by atoms with van der Waals surface area (Å²) in [6, 6.07) is 20.2. The van der Waals surface area contributed by atoms with Gasteiger partial charge in [0.05, 0.1) is 17.0 Å². The second-order valence-electron chi connectivity index (χ2n) is 13.7. The minimum Gasteiger partial charge on any atom is -0.481 e. The van der Waals surface area contributed by atoms with Crippen LogP contribution < -0.4 is 5.32 Å². The third-order valence-electron chi connectivity index (χ3n) is 9.71. The Kier molecular flexibility index (Phi) is 9.76. The summed E-state index contributed by atoms with van der Waals surface area (Å²) >= 11 is 6.68. The maximum atomic E-state index is 11.3. The van der Waals surface area contributed by atoms with Gasteiger partial charge in [0.25, 0.3) is 0 Å². The fourth-order valence-electron chi connectivity index (χ4n) is 7.02. The third-order valence-corrected chi connectivity index (χ3v) is 10.00. The molecular weight excluding hydrogens is 664 g/mol. The minimum atomic E-state index is -0.822. The van der Waals surface area contributed by atoms with Crippen LogP contribution in [0.4, 0.5) is 11.5 Å². The van der Waals surface area contributed by atoms with Crippen molar-refractivity contribution in [3.8, 4) is 22.6 Å². The van der Waals surface area contributed by atoms with E-state index in [2.05, 4.69) is 47.2 Å². The molecule has 0 aliphatic carbocycles. The topological polar surface area (TPSA) is 128 Å². The number of pyridine rings is 2. The Hall–Kier alpha value is -4.87. The molecular formula is C40H41ClN6O4. The van der Waals surface area contributed by atoms with Gasteiger partial charge in [-0.15, -0.1) is 0 Å². The average Bonchev–Trinajstić information content (AvgIpc) is 3.71. The average molecular weight is 705 g/mol. The highest BCUT2D eigenvalue weighted by Crippen LogP contribution is 2.38. The molecule has 262 valence electrons. The number of aromatic nitrogens is 3. The molecule has 0 radical (unpaired) electrons. The number of anilines is 2. The first kappa shape index (κ1) is 34.6. The number of halogens is 1. The van der Waals surface area contributed by atoms with Gasteiger partial charge in [-0.05, 0) is 97.1 Å². The zero-order valence-electron chi connectivity index (χ0n) is 29.2. The number of rotatable bonds is 11. The van der Waals surface area contributed by atoms with Crippen molar-refractivity contribution < 1.29 is 19.4 Å². The van der Waals surface area contributed by atoms with Gasteiger partial charge < -0.3 is 24.8 Å². The van der Waals surface area contributed by atoms with E-state index >= 15 is 0 Å². The summed E-state index contributed by atoms with van der Waals surface area (Å²) < 4.78 is 6.26. The zero-order valence-corrected chi connectivity index (χ0v) is 29.9. The fraction of sp³-hybridized carbons (Fsp3) is 0.300. The van der Waals surface area contributed by atoms with E-state index in [1.165, 1.54) is 0 Å². The molecule has 1 unspecified atom stereocenters. The standard InChI is InChI=1S/C40H41ClN6O4/c1-23(40(49)50)19-46(4)20-26-16-33(41)37-35(17-26)45-39(51-37)32-9-5-7-30(24(32)2)31-8-6-10-34(25(31)3)44-38-36-28(11-13-42-38)15-27(18-43-36)21-47-14-12-29(48)22-47/h5-11,13,15-18,23,29,48H,12,14,19-22H2,1-4H3,(H,42,44)(H,49,50)/t23?,29-/m1/s1. The van der Waals surface area contributed by atoms with Gasteiger partial charge in [-0.25, -0.2) is 9.97 Å². The van der Waals surface area contributed by atoms with E-state index in [0.717, 1.165) is 75.0 Å². The number of carboxylic acids is 1. The molecule has 0 amide bonds. The SMILES string of the molecule is Cc1c(Nc2nccc3cc(CN4CC[C@@H](O)C4)cnc23)cccc1-c1cccc(-c2nc3cc(CN(C)CC(C)C(=O)O)cc(Cl)c3o2)c1C. The molecule has 3 aromatic heterocycles. The molecule has 1 aliphatic heterocycles. The number of carboxylic acid groups (broad SMARTS) is 1. The molecule has 51 heavy (non-hydrogen) atoms. The van der Waals surface area contributed by atoms with Gasteiger partial charge in [0.2, 0.25) is 5.89 Å². The number of carbonyl (C=O) groups is 1. The van der Waals surface area contributed by atoms with Crippen LogP contribution in [0.3, 0.4) is 0 Å². The summed E-state index contributed by atoms with van der Waals surface area (Å²) in [7, 11) is 1.89. The van der Waals surface area contributed by atoms with Crippen LogP contribution in [0.15, 0.2) is 77.5 Å². The Labute approximate surface area is 301 Å². The van der Waals surface area contributed by atoms with Gasteiger partial charge >= 0.3 is 5.97 Å². The normalized spacial score (nSPS) is 15.6. The van der Waals surface area contributed by atoms with E-state index in [1.807, 2.05) is 60.6 Å². The number of aliphatic carboxylic acids is 1. The van der Waals surface area contributed by atoms with Gasteiger partial charge in [-0.1, -0.05) is 42.8 Å². The number of nitrogens with one attached hydrogen (secondary N) is 1. The summed E-state index contributed by atoms with van der Waals surface area (Å²) in [5.74, 6) is -0.135. The Bertz CT molecular complexity index is 2250. The van der Waals surface area contributed by atoms with Crippen molar-refractivity contribution in [3.63, 3.8) is 0 Å². The van der Waals surface area contributed by atoms with Crippen molar-refractivity contribution in [1.29, 1.82) is 0 Å². The summed E-state index contributed by atoms with van der Waals surface area (Å²) in [4.78, 5) is 29.8.